The lowest BCUT2D eigenvalue weighted by molar-refractivity contribution is 0.198. The number of nitrogens with zero attached hydrogens (tertiary/aromatic N) is 2. The van der Waals surface area contributed by atoms with E-state index in [0.717, 1.165) is 35.9 Å². The van der Waals surface area contributed by atoms with Gasteiger partial charge in [0.2, 0.25) is 5.95 Å². The van der Waals surface area contributed by atoms with Crippen molar-refractivity contribution in [1.82, 2.24) is 9.97 Å². The molecule has 1 heterocycles. The normalized spacial score (nSPS) is 10.3. The van der Waals surface area contributed by atoms with Crippen molar-refractivity contribution in [3.05, 3.63) is 30.0 Å². The van der Waals surface area contributed by atoms with Gasteiger partial charge >= 0.3 is 0 Å². The largest absolute Gasteiger partial charge is 0.497 e. The SMILES string of the molecule is COCCCNc1cc(C)nc(Nc2ccc(OC)cc2OC)n1. The first-order chi connectivity index (χ1) is 11.7. The monoisotopic (exact) mass is 332 g/mol. The number of rotatable bonds is 9. The van der Waals surface area contributed by atoms with Crippen LogP contribution in [0.5, 0.6) is 11.5 Å². The standard InChI is InChI=1S/C17H24N4O3/c1-12-10-16(18-8-5-9-22-2)21-17(19-12)20-14-7-6-13(23-3)11-15(14)24-4/h6-7,10-11H,5,8-9H2,1-4H3,(H2,18,19,20,21). The third-order valence-electron chi connectivity index (χ3n) is 3.34. The molecule has 0 amide bonds. The van der Waals surface area contributed by atoms with Crippen molar-refractivity contribution >= 4 is 17.5 Å². The van der Waals surface area contributed by atoms with E-state index in [4.69, 9.17) is 14.2 Å². The first kappa shape index (κ1) is 17.8. The highest BCUT2D eigenvalue weighted by atomic mass is 16.5. The summed E-state index contributed by atoms with van der Waals surface area (Å²) < 4.78 is 15.6. The van der Waals surface area contributed by atoms with E-state index in [1.807, 2.05) is 31.2 Å². The van der Waals surface area contributed by atoms with Gasteiger partial charge in [-0.25, -0.2) is 4.98 Å². The van der Waals surface area contributed by atoms with Crippen molar-refractivity contribution in [3.8, 4) is 11.5 Å². The third-order valence-corrected chi connectivity index (χ3v) is 3.34. The molecule has 0 spiro atoms. The lowest BCUT2D eigenvalue weighted by atomic mass is 10.2. The Labute approximate surface area is 142 Å². The van der Waals surface area contributed by atoms with Crippen molar-refractivity contribution in [1.29, 1.82) is 0 Å². The van der Waals surface area contributed by atoms with Crippen LogP contribution in [0.25, 0.3) is 0 Å². The van der Waals surface area contributed by atoms with E-state index in [2.05, 4.69) is 20.6 Å². The minimum atomic E-state index is 0.507. The highest BCUT2D eigenvalue weighted by Crippen LogP contribution is 2.30. The number of methoxy groups -OCH3 is 3. The summed E-state index contributed by atoms with van der Waals surface area (Å²) in [6.07, 6.45) is 0.911. The summed E-state index contributed by atoms with van der Waals surface area (Å²) in [5, 5.41) is 6.46. The topological polar surface area (TPSA) is 77.5 Å². The average molecular weight is 332 g/mol. The molecule has 0 aliphatic heterocycles. The molecule has 2 rings (SSSR count). The Kier molecular flexibility index (Phi) is 6.62. The molecule has 1 aromatic heterocycles. The van der Waals surface area contributed by atoms with E-state index in [1.165, 1.54) is 0 Å². The van der Waals surface area contributed by atoms with Crippen LogP contribution >= 0.6 is 0 Å². The molecule has 0 aliphatic carbocycles. The van der Waals surface area contributed by atoms with Crippen LogP contribution in [0.15, 0.2) is 24.3 Å². The van der Waals surface area contributed by atoms with Crippen LogP contribution in [-0.4, -0.2) is 44.4 Å². The maximum atomic E-state index is 5.38. The average Bonchev–Trinajstić information content (AvgIpc) is 2.58. The number of aromatic nitrogens is 2. The molecule has 7 nitrogen and oxygen atoms in total. The number of nitrogens with one attached hydrogen (secondary N) is 2. The maximum absolute atomic E-state index is 5.38. The van der Waals surface area contributed by atoms with Gasteiger partial charge in [0.15, 0.2) is 0 Å². The van der Waals surface area contributed by atoms with Crippen molar-refractivity contribution in [3.63, 3.8) is 0 Å². The fourth-order valence-corrected chi connectivity index (χ4v) is 2.17. The minimum absolute atomic E-state index is 0.507. The Morgan fingerprint density at radius 1 is 1.04 bits per heavy atom. The van der Waals surface area contributed by atoms with Crippen LogP contribution in [0.1, 0.15) is 12.1 Å². The predicted molar refractivity (Wildman–Crippen MR) is 94.6 cm³/mol. The molecule has 0 bridgehead atoms. The van der Waals surface area contributed by atoms with Gasteiger partial charge in [0.25, 0.3) is 0 Å². The van der Waals surface area contributed by atoms with Crippen LogP contribution in [0.3, 0.4) is 0 Å². The zero-order valence-corrected chi connectivity index (χ0v) is 14.5. The van der Waals surface area contributed by atoms with Crippen molar-refractivity contribution in [2.45, 2.75) is 13.3 Å². The highest BCUT2D eigenvalue weighted by Gasteiger charge is 2.08. The zero-order chi connectivity index (χ0) is 17.4. The number of anilines is 3. The highest BCUT2D eigenvalue weighted by molar-refractivity contribution is 5.65. The van der Waals surface area contributed by atoms with E-state index in [1.54, 1.807) is 21.3 Å². The van der Waals surface area contributed by atoms with E-state index >= 15 is 0 Å². The Morgan fingerprint density at radius 3 is 2.58 bits per heavy atom. The van der Waals surface area contributed by atoms with Crippen LogP contribution in [0, 0.1) is 6.92 Å². The van der Waals surface area contributed by atoms with Gasteiger partial charge in [-0.15, -0.1) is 0 Å². The summed E-state index contributed by atoms with van der Waals surface area (Å²) in [4.78, 5) is 8.90. The van der Waals surface area contributed by atoms with Gasteiger partial charge in [0, 0.05) is 38.1 Å². The molecule has 0 saturated carbocycles. The number of aryl methyl sites for hydroxylation is 1. The fourth-order valence-electron chi connectivity index (χ4n) is 2.17. The Hall–Kier alpha value is -2.54. The predicted octanol–water partition coefficient (Wildman–Crippen LogP) is 2.99. The molecule has 1 aromatic carbocycles. The van der Waals surface area contributed by atoms with Gasteiger partial charge < -0.3 is 24.8 Å². The van der Waals surface area contributed by atoms with E-state index in [0.29, 0.717) is 18.3 Å². The molecule has 130 valence electrons. The maximum Gasteiger partial charge on any atom is 0.229 e. The van der Waals surface area contributed by atoms with Gasteiger partial charge in [0.1, 0.15) is 17.3 Å². The van der Waals surface area contributed by atoms with Crippen LogP contribution < -0.4 is 20.1 Å². The first-order valence-electron chi connectivity index (χ1n) is 7.74. The zero-order valence-electron chi connectivity index (χ0n) is 14.5. The molecule has 2 N–H and O–H groups in total. The molecule has 2 aromatic rings. The van der Waals surface area contributed by atoms with E-state index < -0.39 is 0 Å². The molecular formula is C17H24N4O3. The fraction of sp³-hybridized carbons (Fsp3) is 0.412. The molecule has 0 unspecified atom stereocenters. The lowest BCUT2D eigenvalue weighted by Crippen LogP contribution is -2.08. The van der Waals surface area contributed by atoms with E-state index in [-0.39, 0.29) is 0 Å². The summed E-state index contributed by atoms with van der Waals surface area (Å²) in [7, 11) is 4.92. The third kappa shape index (κ3) is 4.99. The molecule has 0 atom stereocenters. The number of benzene rings is 1. The molecule has 0 radical (unpaired) electrons. The summed E-state index contributed by atoms with van der Waals surface area (Å²) in [5.74, 6) is 2.67. The molecule has 0 aliphatic rings. The number of hydrogen-bond donors (Lipinski definition) is 2. The van der Waals surface area contributed by atoms with Gasteiger partial charge in [0.05, 0.1) is 19.9 Å². The van der Waals surface area contributed by atoms with Crippen LogP contribution in [-0.2, 0) is 4.74 Å². The molecule has 0 fully saturated rings. The summed E-state index contributed by atoms with van der Waals surface area (Å²) in [6.45, 7) is 3.43. The number of hydrogen-bond acceptors (Lipinski definition) is 7. The second-order valence-electron chi connectivity index (χ2n) is 5.18. The second kappa shape index (κ2) is 8.93. The van der Waals surface area contributed by atoms with Gasteiger partial charge in [-0.1, -0.05) is 0 Å². The lowest BCUT2D eigenvalue weighted by Gasteiger charge is -2.13. The minimum Gasteiger partial charge on any atom is -0.497 e. The quantitative estimate of drug-likeness (QED) is 0.684. The van der Waals surface area contributed by atoms with Gasteiger partial charge in [-0.3, -0.25) is 0 Å². The molecule has 7 heteroatoms. The molecule has 0 saturated heterocycles. The Morgan fingerprint density at radius 2 is 1.88 bits per heavy atom. The summed E-state index contributed by atoms with van der Waals surface area (Å²) in [5.41, 5.74) is 1.64. The van der Waals surface area contributed by atoms with Crippen molar-refractivity contribution in [2.75, 3.05) is 45.1 Å². The van der Waals surface area contributed by atoms with Crippen molar-refractivity contribution < 1.29 is 14.2 Å². The Balaban J connectivity index is 2.13. The summed E-state index contributed by atoms with van der Waals surface area (Å²) in [6, 6.07) is 7.44. The molecular weight excluding hydrogens is 308 g/mol. The first-order valence-corrected chi connectivity index (χ1v) is 7.74. The summed E-state index contributed by atoms with van der Waals surface area (Å²) >= 11 is 0. The van der Waals surface area contributed by atoms with Crippen LogP contribution in [0.2, 0.25) is 0 Å². The smallest absolute Gasteiger partial charge is 0.229 e. The Bertz CT molecular complexity index is 664. The van der Waals surface area contributed by atoms with Crippen molar-refractivity contribution in [2.24, 2.45) is 0 Å². The van der Waals surface area contributed by atoms with Gasteiger partial charge in [-0.2, -0.15) is 4.98 Å². The number of ether oxygens (including phenoxy) is 3. The van der Waals surface area contributed by atoms with Gasteiger partial charge in [-0.05, 0) is 25.5 Å². The van der Waals surface area contributed by atoms with E-state index in [9.17, 15) is 0 Å². The molecule has 24 heavy (non-hydrogen) atoms. The second-order valence-corrected chi connectivity index (χ2v) is 5.18. The van der Waals surface area contributed by atoms with Crippen LogP contribution in [0.4, 0.5) is 17.5 Å².